The van der Waals surface area contributed by atoms with Crippen molar-refractivity contribution in [3.8, 4) is 11.4 Å². The molecule has 0 spiro atoms. The number of ether oxygens (including phenoxy) is 1. The molecule has 0 fully saturated rings. The number of aromatic nitrogens is 1. The highest BCUT2D eigenvalue weighted by atomic mass is 16.5. The minimum Gasteiger partial charge on any atom is -0.489 e. The first-order chi connectivity index (χ1) is 14.2. The molecule has 0 amide bonds. The summed E-state index contributed by atoms with van der Waals surface area (Å²) in [6.07, 6.45) is 2.63. The lowest BCUT2D eigenvalue weighted by molar-refractivity contribution is 0.305. The Morgan fingerprint density at radius 3 is 2.83 bits per heavy atom. The van der Waals surface area contributed by atoms with Crippen LogP contribution in [0.5, 0.6) is 5.75 Å². The second-order valence-corrected chi connectivity index (χ2v) is 7.39. The quantitative estimate of drug-likeness (QED) is 0.566. The molecule has 5 rings (SSSR count). The Balaban J connectivity index is 1.43. The summed E-state index contributed by atoms with van der Waals surface area (Å²) in [5, 5.41) is 4.58. The monoisotopic (exact) mass is 386 g/mol. The molecule has 1 aliphatic rings. The highest BCUT2D eigenvalue weighted by Crippen LogP contribution is 2.34. The molecule has 0 saturated heterocycles. The van der Waals surface area contributed by atoms with E-state index in [1.165, 1.54) is 11.6 Å². The van der Waals surface area contributed by atoms with Crippen LogP contribution in [-0.2, 0) is 13.0 Å². The van der Waals surface area contributed by atoms with Crippen LogP contribution in [0.1, 0.15) is 29.9 Å². The molecule has 2 aromatic carbocycles. The molecule has 1 unspecified atom stereocenters. The first-order valence-electron chi connectivity index (χ1n) is 9.87. The van der Waals surface area contributed by atoms with Crippen LogP contribution in [0.2, 0.25) is 0 Å². The molecule has 1 aliphatic heterocycles. The molecule has 29 heavy (non-hydrogen) atoms. The van der Waals surface area contributed by atoms with Crippen molar-refractivity contribution >= 4 is 11.0 Å². The zero-order chi connectivity index (χ0) is 19.8. The Hall–Kier alpha value is -3.31. The van der Waals surface area contributed by atoms with Crippen LogP contribution in [0, 0.1) is 0 Å². The molecule has 146 valence electrons. The summed E-state index contributed by atoms with van der Waals surface area (Å²) >= 11 is 0. The second-order valence-electron chi connectivity index (χ2n) is 7.39. The predicted molar refractivity (Wildman–Crippen MR) is 113 cm³/mol. The molecule has 0 saturated carbocycles. The van der Waals surface area contributed by atoms with Crippen LogP contribution in [0.25, 0.3) is 16.7 Å². The molecule has 1 atom stereocenters. The third kappa shape index (κ3) is 3.34. The summed E-state index contributed by atoms with van der Waals surface area (Å²) in [6, 6.07) is 19.4. The normalized spacial score (nSPS) is 16.0. The lowest BCUT2D eigenvalue weighted by Crippen LogP contribution is -2.26. The van der Waals surface area contributed by atoms with E-state index < -0.39 is 0 Å². The van der Waals surface area contributed by atoms with Gasteiger partial charge in [-0.05, 0) is 30.7 Å². The topological polar surface area (TPSA) is 56.4 Å². The average molecular weight is 386 g/mol. The molecule has 2 aromatic heterocycles. The number of fused-ring (bicyclic) bond motifs is 3. The molecule has 0 aliphatic carbocycles. The Morgan fingerprint density at radius 2 is 2.00 bits per heavy atom. The van der Waals surface area contributed by atoms with Gasteiger partial charge in [0.1, 0.15) is 23.7 Å². The van der Waals surface area contributed by atoms with Gasteiger partial charge in [-0.3, -0.25) is 9.36 Å². The van der Waals surface area contributed by atoms with Gasteiger partial charge in [0.25, 0.3) is 5.56 Å². The summed E-state index contributed by atoms with van der Waals surface area (Å²) in [5.74, 6) is 1.60. The Bertz CT molecular complexity index is 1220. The molecule has 5 heteroatoms. The van der Waals surface area contributed by atoms with E-state index in [0.29, 0.717) is 12.4 Å². The maximum Gasteiger partial charge on any atom is 0.258 e. The minimum atomic E-state index is -0.138. The highest BCUT2D eigenvalue weighted by Gasteiger charge is 2.23. The van der Waals surface area contributed by atoms with Gasteiger partial charge < -0.3 is 14.5 Å². The maximum absolute atomic E-state index is 12.7. The summed E-state index contributed by atoms with van der Waals surface area (Å²) in [7, 11) is 0. The van der Waals surface area contributed by atoms with Crippen molar-refractivity contribution in [1.82, 2.24) is 9.88 Å². The molecular weight excluding hydrogens is 364 g/mol. The van der Waals surface area contributed by atoms with E-state index in [2.05, 4.69) is 12.2 Å². The number of nitrogens with zero attached hydrogens (tertiary/aromatic N) is 1. The van der Waals surface area contributed by atoms with Gasteiger partial charge >= 0.3 is 0 Å². The largest absolute Gasteiger partial charge is 0.489 e. The average Bonchev–Trinajstić information content (AvgIpc) is 3.12. The van der Waals surface area contributed by atoms with Crippen LogP contribution in [0.3, 0.4) is 0 Å². The van der Waals surface area contributed by atoms with Gasteiger partial charge in [-0.2, -0.15) is 0 Å². The molecular formula is C24H22N2O3. The molecule has 0 radical (unpaired) electrons. The van der Waals surface area contributed by atoms with Gasteiger partial charge in [-0.1, -0.05) is 30.3 Å². The fourth-order valence-electron chi connectivity index (χ4n) is 3.98. The second kappa shape index (κ2) is 7.26. The van der Waals surface area contributed by atoms with Gasteiger partial charge in [0.15, 0.2) is 0 Å². The van der Waals surface area contributed by atoms with Crippen molar-refractivity contribution in [2.75, 3.05) is 6.54 Å². The van der Waals surface area contributed by atoms with Crippen LogP contribution in [0.15, 0.2) is 76.1 Å². The number of rotatable bonds is 4. The lowest BCUT2D eigenvalue weighted by atomic mass is 9.99. The van der Waals surface area contributed by atoms with Crippen molar-refractivity contribution in [2.45, 2.75) is 26.0 Å². The van der Waals surface area contributed by atoms with Crippen molar-refractivity contribution in [3.63, 3.8) is 0 Å². The van der Waals surface area contributed by atoms with E-state index in [4.69, 9.17) is 9.15 Å². The van der Waals surface area contributed by atoms with Gasteiger partial charge in [0, 0.05) is 48.3 Å². The minimum absolute atomic E-state index is 0.138. The summed E-state index contributed by atoms with van der Waals surface area (Å²) < 4.78 is 13.5. The summed E-state index contributed by atoms with van der Waals surface area (Å²) in [5.41, 5.74) is 3.76. The number of hydrogen-bond donors (Lipinski definition) is 1. The van der Waals surface area contributed by atoms with E-state index in [1.807, 2.05) is 54.6 Å². The van der Waals surface area contributed by atoms with Crippen molar-refractivity contribution in [1.29, 1.82) is 0 Å². The zero-order valence-corrected chi connectivity index (χ0v) is 16.2. The predicted octanol–water partition coefficient (Wildman–Crippen LogP) is 4.37. The van der Waals surface area contributed by atoms with Crippen molar-refractivity contribution in [2.24, 2.45) is 0 Å². The van der Waals surface area contributed by atoms with Crippen LogP contribution < -0.4 is 15.6 Å². The molecule has 4 aromatic rings. The van der Waals surface area contributed by atoms with E-state index in [-0.39, 0.29) is 11.6 Å². The summed E-state index contributed by atoms with van der Waals surface area (Å²) in [6.45, 7) is 3.50. The third-order valence-electron chi connectivity index (χ3n) is 5.44. The fraction of sp³-hybridized carbons (Fsp3) is 0.208. The van der Waals surface area contributed by atoms with Gasteiger partial charge in [0.05, 0.1) is 5.69 Å². The van der Waals surface area contributed by atoms with Crippen LogP contribution in [0.4, 0.5) is 0 Å². The number of furan rings is 1. The molecule has 5 nitrogen and oxygen atoms in total. The van der Waals surface area contributed by atoms with Crippen LogP contribution in [-0.4, -0.2) is 11.1 Å². The zero-order valence-electron chi connectivity index (χ0n) is 16.2. The maximum atomic E-state index is 12.7. The van der Waals surface area contributed by atoms with Gasteiger partial charge in [0.2, 0.25) is 0 Å². The van der Waals surface area contributed by atoms with E-state index >= 15 is 0 Å². The number of benzene rings is 2. The Labute approximate surface area is 168 Å². The molecule has 3 heterocycles. The number of nitrogens with one attached hydrogen (secondary N) is 1. The smallest absolute Gasteiger partial charge is 0.258 e. The number of pyridine rings is 1. The lowest BCUT2D eigenvalue weighted by Gasteiger charge is -2.19. The first kappa shape index (κ1) is 17.8. The molecule has 1 N–H and O–H groups in total. The van der Waals surface area contributed by atoms with Crippen molar-refractivity contribution in [3.05, 3.63) is 94.1 Å². The van der Waals surface area contributed by atoms with Gasteiger partial charge in [-0.25, -0.2) is 0 Å². The Kier molecular flexibility index (Phi) is 4.45. The van der Waals surface area contributed by atoms with E-state index in [9.17, 15) is 4.79 Å². The standard InChI is InChI=1S/C24H22N2O3/c1-16-24-20-8-7-18(13-22(20)29-21(24)9-11-25-16)26-12-10-19(14-23(26)27)28-15-17-5-3-2-4-6-17/h2-8,10,12-14,16,25H,9,11,15H2,1H3. The van der Waals surface area contributed by atoms with E-state index in [0.717, 1.165) is 40.9 Å². The first-order valence-corrected chi connectivity index (χ1v) is 9.87. The highest BCUT2D eigenvalue weighted by molar-refractivity contribution is 5.85. The Morgan fingerprint density at radius 1 is 1.14 bits per heavy atom. The number of hydrogen-bond acceptors (Lipinski definition) is 4. The van der Waals surface area contributed by atoms with Crippen LogP contribution >= 0.6 is 0 Å². The SMILES string of the molecule is CC1NCCc2oc3cc(-n4ccc(OCc5ccccc5)cc4=O)ccc3c21. The third-order valence-corrected chi connectivity index (χ3v) is 5.44. The van der Waals surface area contributed by atoms with E-state index in [1.54, 1.807) is 10.8 Å². The summed E-state index contributed by atoms with van der Waals surface area (Å²) in [4.78, 5) is 12.7. The van der Waals surface area contributed by atoms with Gasteiger partial charge in [-0.15, -0.1) is 0 Å². The molecule has 0 bridgehead atoms. The van der Waals surface area contributed by atoms with Crippen molar-refractivity contribution < 1.29 is 9.15 Å². The fourth-order valence-corrected chi connectivity index (χ4v) is 3.98.